The van der Waals surface area contributed by atoms with Gasteiger partial charge in [0.15, 0.2) is 0 Å². The van der Waals surface area contributed by atoms with Crippen LogP contribution in [-0.2, 0) is 20.7 Å². The third kappa shape index (κ3) is 8.41. The van der Waals surface area contributed by atoms with Crippen LogP contribution in [0.4, 0.5) is 10.5 Å². The van der Waals surface area contributed by atoms with E-state index >= 15 is 0 Å². The summed E-state index contributed by atoms with van der Waals surface area (Å²) >= 11 is 0. The molecule has 1 fully saturated rings. The number of rotatable bonds is 9. The number of carbonyl (C=O) groups excluding carboxylic acids is 3. The maximum atomic E-state index is 13.6. The monoisotopic (exact) mass is 626 g/mol. The van der Waals surface area contributed by atoms with E-state index in [4.69, 9.17) is 4.74 Å². The van der Waals surface area contributed by atoms with Crippen LogP contribution in [0.15, 0.2) is 65.6 Å². The molecule has 0 aliphatic heterocycles. The number of carbonyl (C=O) groups is 3. The Bertz CT molecular complexity index is 1750. The number of anilines is 1. The molecule has 1 aliphatic rings. The van der Waals surface area contributed by atoms with E-state index in [9.17, 15) is 19.2 Å². The van der Waals surface area contributed by atoms with E-state index in [0.717, 1.165) is 35.2 Å². The number of nitrogens with zero attached hydrogens (tertiary/aromatic N) is 1. The first-order chi connectivity index (χ1) is 21.9. The van der Waals surface area contributed by atoms with Crippen molar-refractivity contribution in [2.45, 2.75) is 71.4 Å². The second-order valence-electron chi connectivity index (χ2n) is 13.0. The molecule has 1 aliphatic carbocycles. The van der Waals surface area contributed by atoms with Crippen LogP contribution in [0.5, 0.6) is 0 Å². The van der Waals surface area contributed by atoms with Crippen LogP contribution in [0.1, 0.15) is 57.7 Å². The predicted octanol–water partition coefficient (Wildman–Crippen LogP) is 5.22. The first-order valence-corrected chi connectivity index (χ1v) is 15.7. The van der Waals surface area contributed by atoms with Gasteiger partial charge in [0.2, 0.25) is 11.8 Å². The molecule has 0 bridgehead atoms. The zero-order chi connectivity index (χ0) is 32.8. The van der Waals surface area contributed by atoms with Crippen molar-refractivity contribution >= 4 is 34.5 Å². The first kappa shape index (κ1) is 32.5. The summed E-state index contributed by atoms with van der Waals surface area (Å²) in [6.07, 6.45) is 4.52. The predicted molar refractivity (Wildman–Crippen MR) is 177 cm³/mol. The molecule has 0 saturated heterocycles. The highest BCUT2D eigenvalue weighted by Crippen LogP contribution is 2.29. The van der Waals surface area contributed by atoms with Crippen molar-refractivity contribution in [2.75, 3.05) is 11.9 Å². The van der Waals surface area contributed by atoms with Gasteiger partial charge in [0.05, 0.1) is 10.9 Å². The van der Waals surface area contributed by atoms with Gasteiger partial charge >= 0.3 is 6.09 Å². The van der Waals surface area contributed by atoms with Gasteiger partial charge in [-0.2, -0.15) is 0 Å². The normalized spacial score (nSPS) is 17.2. The summed E-state index contributed by atoms with van der Waals surface area (Å²) in [7, 11) is 0. The molecule has 46 heavy (non-hydrogen) atoms. The number of alkyl carbamates (subject to hydrolysis) is 1. The Morgan fingerprint density at radius 1 is 1.00 bits per heavy atom. The number of aromatic nitrogens is 3. The van der Waals surface area contributed by atoms with Crippen molar-refractivity contribution in [3.05, 3.63) is 82.4 Å². The van der Waals surface area contributed by atoms with Crippen LogP contribution in [0, 0.1) is 18.8 Å². The molecule has 0 radical (unpaired) electrons. The van der Waals surface area contributed by atoms with Gasteiger partial charge in [-0.25, -0.2) is 4.79 Å². The molecule has 5 N–H and O–H groups in total. The minimum atomic E-state index is -0.828. The van der Waals surface area contributed by atoms with Gasteiger partial charge in [-0.1, -0.05) is 30.3 Å². The van der Waals surface area contributed by atoms with Crippen LogP contribution >= 0.6 is 0 Å². The van der Waals surface area contributed by atoms with E-state index in [-0.39, 0.29) is 29.2 Å². The minimum absolute atomic E-state index is 0.160. The van der Waals surface area contributed by atoms with Crippen molar-refractivity contribution < 1.29 is 19.1 Å². The summed E-state index contributed by atoms with van der Waals surface area (Å²) in [4.78, 5) is 55.5. The number of nitrogens with one attached hydrogen (secondary N) is 5. The molecular weight excluding hydrogens is 584 g/mol. The van der Waals surface area contributed by atoms with E-state index < -0.39 is 17.7 Å². The van der Waals surface area contributed by atoms with E-state index in [1.54, 1.807) is 24.4 Å². The van der Waals surface area contributed by atoms with Gasteiger partial charge in [0.25, 0.3) is 5.56 Å². The molecule has 4 aromatic rings. The van der Waals surface area contributed by atoms with Gasteiger partial charge in [-0.05, 0) is 94.7 Å². The Kier molecular flexibility index (Phi) is 9.89. The summed E-state index contributed by atoms with van der Waals surface area (Å²) in [6, 6.07) is 16.0. The van der Waals surface area contributed by atoms with E-state index in [2.05, 4.69) is 31.1 Å². The average Bonchev–Trinajstić information content (AvgIpc) is 3.39. The van der Waals surface area contributed by atoms with Gasteiger partial charge in [0.1, 0.15) is 11.6 Å². The topological polar surface area (TPSA) is 158 Å². The Morgan fingerprint density at radius 2 is 1.74 bits per heavy atom. The average molecular weight is 627 g/mol. The molecule has 11 heteroatoms. The number of benzene rings is 2. The highest BCUT2D eigenvalue weighted by atomic mass is 16.6. The molecular formula is C35H42N6O5. The van der Waals surface area contributed by atoms with Crippen LogP contribution < -0.4 is 21.5 Å². The van der Waals surface area contributed by atoms with Gasteiger partial charge < -0.3 is 20.7 Å². The molecule has 11 nitrogen and oxygen atoms in total. The van der Waals surface area contributed by atoms with Crippen molar-refractivity contribution in [1.29, 1.82) is 0 Å². The number of aromatic amines is 2. The number of H-pyrrole nitrogens is 2. The number of hydrogen-bond acceptors (Lipinski definition) is 6. The molecule has 1 atom stereocenters. The fourth-order valence-electron chi connectivity index (χ4n) is 5.86. The third-order valence-corrected chi connectivity index (χ3v) is 8.34. The highest BCUT2D eigenvalue weighted by Gasteiger charge is 2.30. The fourth-order valence-corrected chi connectivity index (χ4v) is 5.86. The van der Waals surface area contributed by atoms with Crippen molar-refractivity contribution in [3.8, 4) is 11.1 Å². The zero-order valence-electron chi connectivity index (χ0n) is 26.7. The third-order valence-electron chi connectivity index (χ3n) is 8.34. The van der Waals surface area contributed by atoms with Crippen molar-refractivity contribution in [2.24, 2.45) is 11.8 Å². The van der Waals surface area contributed by atoms with Crippen LogP contribution in [-0.4, -0.2) is 51.3 Å². The lowest BCUT2D eigenvalue weighted by molar-refractivity contribution is -0.130. The van der Waals surface area contributed by atoms with E-state index in [0.29, 0.717) is 42.4 Å². The largest absolute Gasteiger partial charge is 0.444 e. The molecule has 0 spiro atoms. The van der Waals surface area contributed by atoms with Gasteiger partial charge in [-0.15, -0.1) is 0 Å². The quantitative estimate of drug-likeness (QED) is 0.171. The molecule has 1 saturated carbocycles. The molecule has 0 unspecified atom stereocenters. The van der Waals surface area contributed by atoms with Crippen molar-refractivity contribution in [1.82, 2.24) is 25.8 Å². The minimum Gasteiger partial charge on any atom is -0.444 e. The van der Waals surface area contributed by atoms with Gasteiger partial charge in [0, 0.05) is 42.0 Å². The first-order valence-electron chi connectivity index (χ1n) is 15.7. The lowest BCUT2D eigenvalue weighted by Crippen LogP contribution is -2.48. The second-order valence-corrected chi connectivity index (χ2v) is 13.0. The number of pyridine rings is 1. The molecule has 3 amide bonds. The lowest BCUT2D eigenvalue weighted by atomic mass is 9.81. The Morgan fingerprint density at radius 3 is 2.43 bits per heavy atom. The van der Waals surface area contributed by atoms with Crippen LogP contribution in [0.2, 0.25) is 0 Å². The number of aryl methyl sites for hydroxylation is 1. The summed E-state index contributed by atoms with van der Waals surface area (Å²) < 4.78 is 5.33. The summed E-state index contributed by atoms with van der Waals surface area (Å²) in [5, 5.41) is 14.6. The standard InChI is InChI=1S/C35H42N6O5/c1-21-27(6-5-17-36-21)24-11-7-22(8-12-24)18-30(33(44)38-26-15-16-28-29(19-26)40-41-32(28)43)39-31(42)25-13-9-23(10-14-25)20-37-34(45)46-35(2,3)4/h5-8,11-12,15-17,19,23,25,30H,9-10,13-14,18,20H2,1-4H3,(H,37,45)(H,38,44)(H,39,42)(H2,40,41,43)/t23?,25?,30-/m0/s1. The van der Waals surface area contributed by atoms with Crippen LogP contribution in [0.3, 0.4) is 0 Å². The highest BCUT2D eigenvalue weighted by molar-refractivity contribution is 5.99. The number of amides is 3. The number of ether oxygens (including phenoxy) is 1. The van der Waals surface area contributed by atoms with E-state index in [1.807, 2.05) is 64.1 Å². The zero-order valence-corrected chi connectivity index (χ0v) is 26.7. The Hall–Kier alpha value is -4.93. The summed E-state index contributed by atoms with van der Waals surface area (Å²) in [6.45, 7) is 7.94. The summed E-state index contributed by atoms with van der Waals surface area (Å²) in [5.41, 5.74) is 4.16. The summed E-state index contributed by atoms with van der Waals surface area (Å²) in [5.74, 6) is -0.488. The fraction of sp³-hybridized carbons (Fsp3) is 0.400. The second kappa shape index (κ2) is 14.0. The van der Waals surface area contributed by atoms with Gasteiger partial charge in [-0.3, -0.25) is 29.6 Å². The van der Waals surface area contributed by atoms with Crippen molar-refractivity contribution in [3.63, 3.8) is 0 Å². The molecule has 2 heterocycles. The molecule has 2 aromatic heterocycles. The SMILES string of the molecule is Cc1ncccc1-c1ccc(C[C@H](NC(=O)C2CCC(CNC(=O)OC(C)(C)C)CC2)C(=O)Nc2ccc3c(=O)[nH][nH]c3c2)cc1. The maximum absolute atomic E-state index is 13.6. The van der Waals surface area contributed by atoms with Crippen LogP contribution in [0.25, 0.3) is 22.0 Å². The number of fused-ring (bicyclic) bond motifs is 1. The molecule has 242 valence electrons. The Labute approximate surface area is 267 Å². The Balaban J connectivity index is 1.25. The van der Waals surface area contributed by atoms with E-state index in [1.165, 1.54) is 0 Å². The molecule has 2 aromatic carbocycles. The number of hydrogen-bond donors (Lipinski definition) is 5. The molecule has 5 rings (SSSR count). The maximum Gasteiger partial charge on any atom is 0.407 e. The smallest absolute Gasteiger partial charge is 0.407 e. The lowest BCUT2D eigenvalue weighted by Gasteiger charge is -2.29.